The van der Waals surface area contributed by atoms with Crippen LogP contribution in [0.1, 0.15) is 31.1 Å². The molecule has 0 unspecified atom stereocenters. The molecule has 1 N–H and O–H groups in total. The Labute approximate surface area is 147 Å². The lowest BCUT2D eigenvalue weighted by atomic mass is 10.1. The van der Waals surface area contributed by atoms with Gasteiger partial charge >= 0.3 is 0 Å². The molecule has 2 aromatic carbocycles. The van der Waals surface area contributed by atoms with Crippen LogP contribution in [0.3, 0.4) is 0 Å². The number of carbonyl (C=O) groups is 1. The topological polar surface area (TPSA) is 66.5 Å². The minimum atomic E-state index is -4.02. The van der Waals surface area contributed by atoms with Gasteiger partial charge in [0.15, 0.2) is 0 Å². The number of benzene rings is 2. The molecule has 1 amide bonds. The number of carbonyl (C=O) groups excluding carboxylic acids is 1. The van der Waals surface area contributed by atoms with Crippen molar-refractivity contribution in [3.8, 4) is 0 Å². The van der Waals surface area contributed by atoms with Crippen LogP contribution in [0.2, 0.25) is 5.02 Å². The van der Waals surface area contributed by atoms with Crippen LogP contribution < -0.4 is 5.43 Å². The van der Waals surface area contributed by atoms with E-state index >= 15 is 0 Å². The Bertz CT molecular complexity index is 830. The molecule has 7 heteroatoms. The summed E-state index contributed by atoms with van der Waals surface area (Å²) in [4.78, 5) is 12.4. The van der Waals surface area contributed by atoms with E-state index < -0.39 is 21.5 Å². The molecule has 2 rings (SSSR count). The number of nitrogens with one attached hydrogen (secondary N) is 1. The molecule has 0 aliphatic carbocycles. The van der Waals surface area contributed by atoms with Gasteiger partial charge in [0.1, 0.15) is 4.90 Å². The predicted molar refractivity (Wildman–Crippen MR) is 94.1 cm³/mol. The fourth-order valence-electron chi connectivity index (χ4n) is 2.09. The predicted octanol–water partition coefficient (Wildman–Crippen LogP) is 3.47. The van der Waals surface area contributed by atoms with Gasteiger partial charge < -0.3 is 0 Å². The molecule has 5 nitrogen and oxygen atoms in total. The zero-order chi connectivity index (χ0) is 18.0. The molecule has 0 atom stereocenters. The SMILES string of the molecule is CC(C)(C)N(NC(=O)c1ccccc1)S(=O)(=O)c1ccccc1Cl. The first kappa shape index (κ1) is 18.4. The molecule has 0 heterocycles. The Morgan fingerprint density at radius 3 is 2.08 bits per heavy atom. The van der Waals surface area contributed by atoms with Crippen LogP contribution in [-0.2, 0) is 10.0 Å². The van der Waals surface area contributed by atoms with Gasteiger partial charge in [-0.05, 0) is 45.0 Å². The molecule has 0 aliphatic rings. The van der Waals surface area contributed by atoms with Crippen LogP contribution in [0.4, 0.5) is 0 Å². The molecule has 0 spiro atoms. The number of halogens is 1. The Morgan fingerprint density at radius 2 is 1.54 bits per heavy atom. The van der Waals surface area contributed by atoms with Crippen molar-refractivity contribution >= 4 is 27.5 Å². The largest absolute Gasteiger partial charge is 0.270 e. The molecule has 128 valence electrons. The van der Waals surface area contributed by atoms with E-state index in [0.717, 1.165) is 4.41 Å². The van der Waals surface area contributed by atoms with Gasteiger partial charge in [-0.2, -0.15) is 0 Å². The van der Waals surface area contributed by atoms with E-state index in [2.05, 4.69) is 5.43 Å². The minimum absolute atomic E-state index is 0.0602. The van der Waals surface area contributed by atoms with Crippen molar-refractivity contribution in [2.45, 2.75) is 31.2 Å². The maximum absolute atomic E-state index is 13.0. The Balaban J connectivity index is 2.43. The van der Waals surface area contributed by atoms with Crippen molar-refractivity contribution in [1.29, 1.82) is 0 Å². The van der Waals surface area contributed by atoms with Gasteiger partial charge in [0, 0.05) is 11.1 Å². The fourth-order valence-corrected chi connectivity index (χ4v) is 4.20. The second-order valence-corrected chi connectivity index (χ2v) is 8.34. The average molecular weight is 367 g/mol. The molecule has 0 bridgehead atoms. The minimum Gasteiger partial charge on any atom is -0.270 e. The third-order valence-corrected chi connectivity index (χ3v) is 5.68. The first-order chi connectivity index (χ1) is 11.1. The normalized spacial score (nSPS) is 12.2. The van der Waals surface area contributed by atoms with Crippen LogP contribution in [0.5, 0.6) is 0 Å². The second-order valence-electron chi connectivity index (χ2n) is 6.18. The van der Waals surface area contributed by atoms with Crippen LogP contribution in [-0.4, -0.2) is 24.3 Å². The van der Waals surface area contributed by atoms with Crippen molar-refractivity contribution in [3.05, 3.63) is 65.2 Å². The Kier molecular flexibility index (Phi) is 5.32. The second kappa shape index (κ2) is 6.93. The number of sulfonamides is 1. The monoisotopic (exact) mass is 366 g/mol. The van der Waals surface area contributed by atoms with Crippen molar-refractivity contribution in [2.75, 3.05) is 0 Å². The zero-order valence-electron chi connectivity index (χ0n) is 13.7. The summed E-state index contributed by atoms with van der Waals surface area (Å²) in [5.41, 5.74) is 1.96. The first-order valence-corrected chi connectivity index (χ1v) is 9.12. The lowest BCUT2D eigenvalue weighted by Gasteiger charge is -2.34. The highest BCUT2D eigenvalue weighted by Gasteiger charge is 2.36. The lowest BCUT2D eigenvalue weighted by molar-refractivity contribution is 0.0798. The van der Waals surface area contributed by atoms with Crippen molar-refractivity contribution in [1.82, 2.24) is 9.84 Å². The summed E-state index contributed by atoms with van der Waals surface area (Å²) in [6.45, 7) is 5.06. The third kappa shape index (κ3) is 3.95. The van der Waals surface area contributed by atoms with Gasteiger partial charge in [0.25, 0.3) is 15.9 Å². The van der Waals surface area contributed by atoms with Crippen molar-refractivity contribution in [3.63, 3.8) is 0 Å². The van der Waals surface area contributed by atoms with E-state index in [-0.39, 0.29) is 9.92 Å². The van der Waals surface area contributed by atoms with Gasteiger partial charge in [-0.15, -0.1) is 4.41 Å². The number of hydrogen-bond acceptors (Lipinski definition) is 3. The molecule has 0 aromatic heterocycles. The highest BCUT2D eigenvalue weighted by atomic mass is 35.5. The summed E-state index contributed by atoms with van der Waals surface area (Å²) in [5.74, 6) is -0.513. The molecule has 0 saturated carbocycles. The van der Waals surface area contributed by atoms with Crippen LogP contribution in [0, 0.1) is 0 Å². The zero-order valence-corrected chi connectivity index (χ0v) is 15.2. The number of nitrogens with zero attached hydrogens (tertiary/aromatic N) is 1. The van der Waals surface area contributed by atoms with Gasteiger partial charge in [0.05, 0.1) is 5.02 Å². The summed E-state index contributed by atoms with van der Waals surface area (Å²) in [6.07, 6.45) is 0. The first-order valence-electron chi connectivity index (χ1n) is 7.30. The smallest absolute Gasteiger partial charge is 0.266 e. The lowest BCUT2D eigenvalue weighted by Crippen LogP contribution is -2.55. The summed E-state index contributed by atoms with van der Waals surface area (Å²) < 4.78 is 26.9. The van der Waals surface area contributed by atoms with E-state index in [0.29, 0.717) is 5.56 Å². The Morgan fingerprint density at radius 1 is 1.00 bits per heavy atom. The van der Waals surface area contributed by atoms with Gasteiger partial charge in [-0.1, -0.05) is 41.9 Å². The maximum atomic E-state index is 13.0. The molecule has 0 aliphatic heterocycles. The van der Waals surface area contributed by atoms with Gasteiger partial charge in [0.2, 0.25) is 0 Å². The van der Waals surface area contributed by atoms with E-state index in [1.54, 1.807) is 63.2 Å². The molecule has 2 aromatic rings. The summed E-state index contributed by atoms with van der Waals surface area (Å²) in [5, 5.41) is 0.0979. The van der Waals surface area contributed by atoms with Crippen molar-refractivity contribution in [2.24, 2.45) is 0 Å². The summed E-state index contributed by atoms with van der Waals surface area (Å²) in [6, 6.07) is 14.5. The quantitative estimate of drug-likeness (QED) is 0.842. The van der Waals surface area contributed by atoms with E-state index in [1.807, 2.05) is 0 Å². The molecular formula is C17H19ClN2O3S. The molecular weight excluding hydrogens is 348 g/mol. The number of hydrogen-bond donors (Lipinski definition) is 1. The highest BCUT2D eigenvalue weighted by molar-refractivity contribution is 7.89. The van der Waals surface area contributed by atoms with Gasteiger partial charge in [-0.3, -0.25) is 10.2 Å². The third-order valence-electron chi connectivity index (χ3n) is 3.20. The van der Waals surface area contributed by atoms with Gasteiger partial charge in [-0.25, -0.2) is 8.42 Å². The Hall–Kier alpha value is -1.89. The maximum Gasteiger partial charge on any atom is 0.266 e. The summed E-state index contributed by atoms with van der Waals surface area (Å²) >= 11 is 6.04. The fraction of sp³-hybridized carbons (Fsp3) is 0.235. The van der Waals surface area contributed by atoms with Crippen LogP contribution in [0.15, 0.2) is 59.5 Å². The van der Waals surface area contributed by atoms with E-state index in [1.165, 1.54) is 12.1 Å². The molecule has 0 radical (unpaired) electrons. The number of amides is 1. The number of hydrazine groups is 1. The average Bonchev–Trinajstić information content (AvgIpc) is 2.52. The number of rotatable bonds is 4. The van der Waals surface area contributed by atoms with E-state index in [9.17, 15) is 13.2 Å². The van der Waals surface area contributed by atoms with Crippen LogP contribution in [0.25, 0.3) is 0 Å². The molecule has 0 saturated heterocycles. The van der Waals surface area contributed by atoms with Crippen LogP contribution >= 0.6 is 11.6 Å². The molecule has 0 fully saturated rings. The standard InChI is InChI=1S/C17H19ClN2O3S/c1-17(2,3)20(19-16(21)13-9-5-4-6-10-13)24(22,23)15-12-8-7-11-14(15)18/h4-12H,1-3H3,(H,19,21). The molecule has 24 heavy (non-hydrogen) atoms. The van der Waals surface area contributed by atoms with Crippen molar-refractivity contribution < 1.29 is 13.2 Å². The van der Waals surface area contributed by atoms with E-state index in [4.69, 9.17) is 11.6 Å². The summed E-state index contributed by atoms with van der Waals surface area (Å²) in [7, 11) is -4.02. The highest BCUT2D eigenvalue weighted by Crippen LogP contribution is 2.27.